The summed E-state index contributed by atoms with van der Waals surface area (Å²) in [5.74, 6) is 0.850. The summed E-state index contributed by atoms with van der Waals surface area (Å²) in [6.07, 6.45) is 7.98. The summed E-state index contributed by atoms with van der Waals surface area (Å²) in [5.41, 5.74) is 1.01. The van der Waals surface area contributed by atoms with Crippen molar-refractivity contribution >= 4 is 6.29 Å². The lowest BCUT2D eigenvalue weighted by molar-refractivity contribution is -0.197. The molecule has 2 heterocycles. The lowest BCUT2D eigenvalue weighted by atomic mass is 9.45. The van der Waals surface area contributed by atoms with Crippen molar-refractivity contribution in [2.75, 3.05) is 6.61 Å². The first-order valence-corrected chi connectivity index (χ1v) is 9.44. The fourth-order valence-corrected chi connectivity index (χ4v) is 6.51. The van der Waals surface area contributed by atoms with Crippen LogP contribution in [0.3, 0.4) is 0 Å². The number of carbonyl (C=O) groups is 1. The van der Waals surface area contributed by atoms with E-state index in [1.165, 1.54) is 25.7 Å². The van der Waals surface area contributed by atoms with Crippen LogP contribution in [0.5, 0.6) is 0 Å². The molecule has 4 rings (SSSR count). The number of carbonyl (C=O) groups excluding carboxylic acids is 1. The molecule has 6 atom stereocenters. The lowest BCUT2D eigenvalue weighted by Crippen LogP contribution is -2.59. The summed E-state index contributed by atoms with van der Waals surface area (Å²) in [7, 11) is 0. The zero-order valence-electron chi connectivity index (χ0n) is 15.1. The number of hydrogen-bond acceptors (Lipinski definition) is 4. The van der Waals surface area contributed by atoms with Crippen LogP contribution >= 0.6 is 0 Å². The number of aliphatic hydroxyl groups is 1. The molecule has 4 nitrogen and oxygen atoms in total. The highest BCUT2D eigenvalue weighted by atomic mass is 16.6. The molecule has 2 saturated carbocycles. The van der Waals surface area contributed by atoms with Crippen LogP contribution in [0.2, 0.25) is 0 Å². The molecule has 1 spiro atoms. The van der Waals surface area contributed by atoms with E-state index in [0.717, 1.165) is 19.3 Å². The van der Waals surface area contributed by atoms with E-state index in [1.54, 1.807) is 0 Å². The molecule has 0 aromatic heterocycles. The second kappa shape index (κ2) is 5.39. The number of epoxide rings is 1. The number of ether oxygens (including phenoxy) is 2. The Labute approximate surface area is 144 Å². The van der Waals surface area contributed by atoms with Gasteiger partial charge in [0.05, 0.1) is 18.3 Å². The second-order valence-electron chi connectivity index (χ2n) is 9.39. The fraction of sp³-hybridized carbons (Fsp3) is 0.850. The maximum absolute atomic E-state index is 11.3. The molecular weight excluding hydrogens is 304 g/mol. The van der Waals surface area contributed by atoms with E-state index in [-0.39, 0.29) is 23.0 Å². The van der Waals surface area contributed by atoms with Gasteiger partial charge in [-0.15, -0.1) is 0 Å². The predicted molar refractivity (Wildman–Crippen MR) is 90.3 cm³/mol. The highest BCUT2D eigenvalue weighted by Crippen LogP contribution is 2.66. The minimum absolute atomic E-state index is 0.106. The van der Waals surface area contributed by atoms with Crippen molar-refractivity contribution in [2.24, 2.45) is 22.7 Å². The van der Waals surface area contributed by atoms with Gasteiger partial charge in [0.1, 0.15) is 6.29 Å². The fourth-order valence-electron chi connectivity index (χ4n) is 6.51. The molecule has 4 aliphatic rings. The van der Waals surface area contributed by atoms with Gasteiger partial charge in [-0.2, -0.15) is 0 Å². The van der Waals surface area contributed by atoms with E-state index >= 15 is 0 Å². The molecule has 4 heteroatoms. The van der Waals surface area contributed by atoms with E-state index < -0.39 is 6.29 Å². The van der Waals surface area contributed by atoms with Gasteiger partial charge in [-0.1, -0.05) is 27.2 Å². The number of aliphatic hydroxyl groups excluding tert-OH is 1. The molecular formula is C20H30O4. The van der Waals surface area contributed by atoms with E-state index in [1.807, 2.05) is 6.08 Å². The highest BCUT2D eigenvalue weighted by Gasteiger charge is 2.67. The van der Waals surface area contributed by atoms with Gasteiger partial charge in [0.2, 0.25) is 0 Å². The SMILES string of the molecule is CC1(C)CCC[C@@]2(C)[C@H]1CC[C@@]1(CO1)[C@@H]2[C@@H]1C=C(C=O)C[C@@H](O)O1. The quantitative estimate of drug-likeness (QED) is 0.622. The normalized spacial score (nSPS) is 50.1. The molecule has 0 radical (unpaired) electrons. The van der Waals surface area contributed by atoms with Crippen molar-refractivity contribution in [2.45, 2.75) is 77.3 Å². The van der Waals surface area contributed by atoms with E-state index in [0.29, 0.717) is 23.3 Å². The van der Waals surface area contributed by atoms with Crippen molar-refractivity contribution in [3.8, 4) is 0 Å². The van der Waals surface area contributed by atoms with Crippen LogP contribution in [0.1, 0.15) is 59.3 Å². The molecule has 3 fully saturated rings. The molecule has 2 aliphatic carbocycles. The van der Waals surface area contributed by atoms with Crippen LogP contribution in [0, 0.1) is 22.7 Å². The van der Waals surface area contributed by atoms with Crippen molar-refractivity contribution < 1.29 is 19.4 Å². The number of hydrogen-bond donors (Lipinski definition) is 1. The van der Waals surface area contributed by atoms with Gasteiger partial charge in [-0.3, -0.25) is 4.79 Å². The van der Waals surface area contributed by atoms with Crippen LogP contribution in [-0.2, 0) is 14.3 Å². The summed E-state index contributed by atoms with van der Waals surface area (Å²) in [6, 6.07) is 0. The first-order valence-electron chi connectivity index (χ1n) is 9.44. The third kappa shape index (κ3) is 2.41. The van der Waals surface area contributed by atoms with Crippen molar-refractivity contribution in [3.05, 3.63) is 11.6 Å². The minimum Gasteiger partial charge on any atom is -0.369 e. The largest absolute Gasteiger partial charge is 0.369 e. The topological polar surface area (TPSA) is 59.1 Å². The maximum atomic E-state index is 11.3. The Morgan fingerprint density at radius 2 is 2.00 bits per heavy atom. The van der Waals surface area contributed by atoms with Crippen LogP contribution < -0.4 is 0 Å². The molecule has 0 amide bonds. The molecule has 2 aliphatic heterocycles. The number of rotatable bonds is 2. The smallest absolute Gasteiger partial charge is 0.159 e. The Hall–Kier alpha value is -0.710. The summed E-state index contributed by atoms with van der Waals surface area (Å²) in [4.78, 5) is 11.3. The highest BCUT2D eigenvalue weighted by molar-refractivity contribution is 5.73. The van der Waals surface area contributed by atoms with Crippen LogP contribution in [0.4, 0.5) is 0 Å². The van der Waals surface area contributed by atoms with Gasteiger partial charge in [-0.05, 0) is 54.1 Å². The van der Waals surface area contributed by atoms with Gasteiger partial charge in [0.25, 0.3) is 0 Å². The van der Waals surface area contributed by atoms with E-state index in [2.05, 4.69) is 20.8 Å². The Morgan fingerprint density at radius 3 is 2.67 bits per heavy atom. The average Bonchev–Trinajstić information content (AvgIpc) is 3.25. The number of fused-ring (bicyclic) bond motifs is 1. The Balaban J connectivity index is 1.74. The summed E-state index contributed by atoms with van der Waals surface area (Å²) in [5, 5.41) is 10.1. The Bertz CT molecular complexity index is 562. The van der Waals surface area contributed by atoms with Crippen molar-refractivity contribution in [1.82, 2.24) is 0 Å². The first kappa shape index (κ1) is 16.7. The van der Waals surface area contributed by atoms with E-state index in [4.69, 9.17) is 9.47 Å². The monoisotopic (exact) mass is 334 g/mol. The van der Waals surface area contributed by atoms with Crippen LogP contribution in [0.25, 0.3) is 0 Å². The molecule has 0 unspecified atom stereocenters. The summed E-state index contributed by atoms with van der Waals surface area (Å²) >= 11 is 0. The molecule has 134 valence electrons. The standard InChI is InChI=1S/C20H30O4/c1-18(2)6-4-7-19(3)15(18)5-8-20(12-23-20)17(19)14-9-13(11-21)10-16(22)24-14/h9,11,14-17,22H,4-8,10,12H2,1-3H3/t14-,15-,16-,17+,19-,20+/m0/s1. The Morgan fingerprint density at radius 1 is 1.25 bits per heavy atom. The average molecular weight is 334 g/mol. The third-order valence-electron chi connectivity index (χ3n) is 7.51. The van der Waals surface area contributed by atoms with E-state index in [9.17, 15) is 9.90 Å². The molecule has 1 saturated heterocycles. The van der Waals surface area contributed by atoms with Crippen LogP contribution in [-0.4, -0.2) is 36.0 Å². The molecule has 0 aromatic rings. The molecule has 24 heavy (non-hydrogen) atoms. The zero-order valence-corrected chi connectivity index (χ0v) is 15.1. The first-order chi connectivity index (χ1) is 11.3. The van der Waals surface area contributed by atoms with Gasteiger partial charge in [-0.25, -0.2) is 0 Å². The number of aldehydes is 1. The van der Waals surface area contributed by atoms with Gasteiger partial charge < -0.3 is 14.6 Å². The summed E-state index contributed by atoms with van der Waals surface area (Å²) < 4.78 is 12.0. The van der Waals surface area contributed by atoms with Crippen LogP contribution in [0.15, 0.2) is 11.6 Å². The zero-order chi connectivity index (χ0) is 17.2. The molecule has 0 bridgehead atoms. The van der Waals surface area contributed by atoms with Gasteiger partial charge in [0.15, 0.2) is 6.29 Å². The van der Waals surface area contributed by atoms with Crippen molar-refractivity contribution in [3.63, 3.8) is 0 Å². The predicted octanol–water partition coefficient (Wildman–Crippen LogP) is 3.23. The lowest BCUT2D eigenvalue weighted by Gasteiger charge is -2.60. The maximum Gasteiger partial charge on any atom is 0.159 e. The van der Waals surface area contributed by atoms with Crippen molar-refractivity contribution in [1.29, 1.82) is 0 Å². The second-order valence-corrected chi connectivity index (χ2v) is 9.39. The summed E-state index contributed by atoms with van der Waals surface area (Å²) in [6.45, 7) is 8.01. The van der Waals surface area contributed by atoms with Gasteiger partial charge in [0, 0.05) is 12.3 Å². The third-order valence-corrected chi connectivity index (χ3v) is 7.51. The van der Waals surface area contributed by atoms with Gasteiger partial charge >= 0.3 is 0 Å². The molecule has 1 N–H and O–H groups in total. The molecule has 0 aromatic carbocycles. The minimum atomic E-state index is -0.878. The Kier molecular flexibility index (Phi) is 3.76.